The van der Waals surface area contributed by atoms with Crippen molar-refractivity contribution in [1.82, 2.24) is 0 Å². The van der Waals surface area contributed by atoms with Gasteiger partial charge in [0.1, 0.15) is 23.9 Å². The summed E-state index contributed by atoms with van der Waals surface area (Å²) in [6, 6.07) is 16.5. The fourth-order valence-electron chi connectivity index (χ4n) is 2.07. The zero-order valence-corrected chi connectivity index (χ0v) is 13.3. The minimum absolute atomic E-state index is 0.0721. The molecule has 5 nitrogen and oxygen atoms in total. The second-order valence-corrected chi connectivity index (χ2v) is 5.45. The predicted molar refractivity (Wildman–Crippen MR) is 90.6 cm³/mol. The van der Waals surface area contributed by atoms with E-state index in [1.807, 2.05) is 0 Å². The summed E-state index contributed by atoms with van der Waals surface area (Å²) in [6.07, 6.45) is 0. The van der Waals surface area contributed by atoms with Crippen molar-refractivity contribution in [3.05, 3.63) is 77.2 Å². The number of phenols is 1. The maximum absolute atomic E-state index is 12.1. The Kier molecular flexibility index (Phi) is 4.72. The van der Waals surface area contributed by atoms with Crippen molar-refractivity contribution in [3.8, 4) is 11.5 Å². The average Bonchev–Trinajstić information content (AvgIpc) is 3.02. The summed E-state index contributed by atoms with van der Waals surface area (Å²) in [7, 11) is 0. The number of phenolic OH excluding ortho intramolecular Hbond substituents is 1. The van der Waals surface area contributed by atoms with Crippen LogP contribution in [0.1, 0.15) is 16.3 Å². The molecule has 3 rings (SSSR count). The molecule has 0 spiro atoms. The molecule has 2 aromatic carbocycles. The molecule has 0 unspecified atom stereocenters. The van der Waals surface area contributed by atoms with Gasteiger partial charge in [-0.25, -0.2) is 0 Å². The van der Waals surface area contributed by atoms with E-state index in [0.717, 1.165) is 0 Å². The first-order valence-electron chi connectivity index (χ1n) is 7.17. The zero-order chi connectivity index (χ0) is 16.9. The molecule has 24 heavy (non-hydrogen) atoms. The number of hydrogen-bond donors (Lipinski definition) is 2. The van der Waals surface area contributed by atoms with E-state index in [4.69, 9.17) is 20.8 Å². The van der Waals surface area contributed by atoms with Gasteiger partial charge in [0.25, 0.3) is 5.91 Å². The topological polar surface area (TPSA) is 71.7 Å². The van der Waals surface area contributed by atoms with E-state index in [-0.39, 0.29) is 18.1 Å². The fraction of sp³-hybridized carbons (Fsp3) is 0.0556. The second-order valence-electron chi connectivity index (χ2n) is 5.02. The molecular weight excluding hydrogens is 330 g/mol. The molecule has 1 heterocycles. The van der Waals surface area contributed by atoms with Gasteiger partial charge < -0.3 is 19.6 Å². The molecule has 0 radical (unpaired) electrons. The quantitative estimate of drug-likeness (QED) is 0.717. The summed E-state index contributed by atoms with van der Waals surface area (Å²) in [4.78, 5) is 12.1. The van der Waals surface area contributed by atoms with Crippen LogP contribution >= 0.6 is 11.6 Å². The standard InChI is InChI=1S/C18H14ClNO4/c19-12-3-1-6-15(9-12)23-11-16-7-8-17(24-16)18(22)20-13-4-2-5-14(21)10-13/h1-10,21H,11H2,(H,20,22). The van der Waals surface area contributed by atoms with E-state index in [1.54, 1.807) is 48.5 Å². The largest absolute Gasteiger partial charge is 0.508 e. The molecule has 0 saturated carbocycles. The number of carbonyl (C=O) groups is 1. The van der Waals surface area contributed by atoms with Crippen molar-refractivity contribution in [2.45, 2.75) is 6.61 Å². The van der Waals surface area contributed by atoms with E-state index in [1.165, 1.54) is 12.1 Å². The number of nitrogens with one attached hydrogen (secondary N) is 1. The number of carbonyl (C=O) groups excluding carboxylic acids is 1. The van der Waals surface area contributed by atoms with Gasteiger partial charge in [0.05, 0.1) is 0 Å². The minimum Gasteiger partial charge on any atom is -0.508 e. The van der Waals surface area contributed by atoms with Gasteiger partial charge in [-0.1, -0.05) is 23.7 Å². The summed E-state index contributed by atoms with van der Waals surface area (Å²) in [5.41, 5.74) is 0.480. The van der Waals surface area contributed by atoms with E-state index in [9.17, 15) is 9.90 Å². The Balaban J connectivity index is 1.61. The van der Waals surface area contributed by atoms with Crippen LogP contribution in [-0.4, -0.2) is 11.0 Å². The van der Waals surface area contributed by atoms with E-state index in [2.05, 4.69) is 5.32 Å². The molecule has 122 valence electrons. The maximum atomic E-state index is 12.1. The summed E-state index contributed by atoms with van der Waals surface area (Å²) in [5, 5.41) is 12.6. The van der Waals surface area contributed by atoms with Crippen LogP contribution in [0.3, 0.4) is 0 Å². The first-order chi connectivity index (χ1) is 11.6. The summed E-state index contributed by atoms with van der Waals surface area (Å²) >= 11 is 5.89. The molecular formula is C18H14ClNO4. The second kappa shape index (κ2) is 7.10. The lowest BCUT2D eigenvalue weighted by Gasteiger charge is -2.05. The van der Waals surface area contributed by atoms with Crippen molar-refractivity contribution < 1.29 is 19.1 Å². The molecule has 0 fully saturated rings. The van der Waals surface area contributed by atoms with Gasteiger partial charge in [-0.15, -0.1) is 0 Å². The third kappa shape index (κ3) is 4.08. The fourth-order valence-corrected chi connectivity index (χ4v) is 2.25. The predicted octanol–water partition coefficient (Wildman–Crippen LogP) is 4.47. The third-order valence-electron chi connectivity index (χ3n) is 3.17. The molecule has 0 aliphatic carbocycles. The van der Waals surface area contributed by atoms with Crippen molar-refractivity contribution >= 4 is 23.2 Å². The monoisotopic (exact) mass is 343 g/mol. The lowest BCUT2D eigenvalue weighted by atomic mass is 10.3. The molecule has 0 aliphatic rings. The van der Waals surface area contributed by atoms with Crippen LogP contribution in [0.2, 0.25) is 5.02 Å². The van der Waals surface area contributed by atoms with Crippen LogP contribution in [0, 0.1) is 0 Å². The van der Waals surface area contributed by atoms with Gasteiger partial charge in [-0.05, 0) is 42.5 Å². The number of hydrogen-bond acceptors (Lipinski definition) is 4. The Morgan fingerprint density at radius 1 is 1.12 bits per heavy atom. The molecule has 0 aliphatic heterocycles. The van der Waals surface area contributed by atoms with E-state index < -0.39 is 5.91 Å². The molecule has 0 saturated heterocycles. The molecule has 3 aromatic rings. The molecule has 6 heteroatoms. The molecule has 1 amide bonds. The third-order valence-corrected chi connectivity index (χ3v) is 3.40. The highest BCUT2D eigenvalue weighted by Crippen LogP contribution is 2.20. The normalized spacial score (nSPS) is 10.4. The van der Waals surface area contributed by atoms with Crippen LogP contribution in [0.15, 0.2) is 65.1 Å². The first-order valence-corrected chi connectivity index (χ1v) is 7.55. The first kappa shape index (κ1) is 16.0. The van der Waals surface area contributed by atoms with Crippen LogP contribution in [0.4, 0.5) is 5.69 Å². The van der Waals surface area contributed by atoms with Gasteiger partial charge in [0.15, 0.2) is 5.76 Å². The number of ether oxygens (including phenoxy) is 1. The number of rotatable bonds is 5. The summed E-state index contributed by atoms with van der Waals surface area (Å²) in [5.74, 6) is 0.946. The Hall–Kier alpha value is -2.92. The summed E-state index contributed by atoms with van der Waals surface area (Å²) < 4.78 is 11.0. The highest BCUT2D eigenvalue weighted by Gasteiger charge is 2.12. The van der Waals surface area contributed by atoms with Gasteiger partial charge in [0.2, 0.25) is 0 Å². The van der Waals surface area contributed by atoms with Gasteiger partial charge in [-0.3, -0.25) is 4.79 Å². The van der Waals surface area contributed by atoms with Gasteiger partial charge >= 0.3 is 0 Å². The number of benzene rings is 2. The molecule has 1 aromatic heterocycles. The highest BCUT2D eigenvalue weighted by atomic mass is 35.5. The number of halogens is 1. The van der Waals surface area contributed by atoms with Crippen molar-refractivity contribution in [3.63, 3.8) is 0 Å². The zero-order valence-electron chi connectivity index (χ0n) is 12.5. The van der Waals surface area contributed by atoms with Gasteiger partial charge in [0, 0.05) is 16.8 Å². The maximum Gasteiger partial charge on any atom is 0.291 e. The lowest BCUT2D eigenvalue weighted by molar-refractivity contribution is 0.0992. The Bertz CT molecular complexity index is 859. The van der Waals surface area contributed by atoms with Crippen molar-refractivity contribution in [2.24, 2.45) is 0 Å². The van der Waals surface area contributed by atoms with Crippen LogP contribution < -0.4 is 10.1 Å². The Morgan fingerprint density at radius 2 is 1.96 bits per heavy atom. The smallest absolute Gasteiger partial charge is 0.291 e. The number of amides is 1. The van der Waals surface area contributed by atoms with E-state index >= 15 is 0 Å². The lowest BCUT2D eigenvalue weighted by Crippen LogP contribution is -2.10. The Morgan fingerprint density at radius 3 is 2.75 bits per heavy atom. The highest BCUT2D eigenvalue weighted by molar-refractivity contribution is 6.30. The van der Waals surface area contributed by atoms with Crippen molar-refractivity contribution in [2.75, 3.05) is 5.32 Å². The van der Waals surface area contributed by atoms with Crippen LogP contribution in [-0.2, 0) is 6.61 Å². The molecule has 0 atom stereocenters. The van der Waals surface area contributed by atoms with Crippen LogP contribution in [0.25, 0.3) is 0 Å². The van der Waals surface area contributed by atoms with Gasteiger partial charge in [-0.2, -0.15) is 0 Å². The van der Waals surface area contributed by atoms with Crippen LogP contribution in [0.5, 0.6) is 11.5 Å². The number of aromatic hydroxyl groups is 1. The van der Waals surface area contributed by atoms with E-state index in [0.29, 0.717) is 22.2 Å². The molecule has 2 N–H and O–H groups in total. The number of anilines is 1. The van der Waals surface area contributed by atoms with Crippen molar-refractivity contribution in [1.29, 1.82) is 0 Å². The minimum atomic E-state index is -0.408. The Labute approximate surface area is 143 Å². The average molecular weight is 344 g/mol. The summed E-state index contributed by atoms with van der Waals surface area (Å²) in [6.45, 7) is 0.180. The molecule has 0 bridgehead atoms. The SMILES string of the molecule is O=C(Nc1cccc(O)c1)c1ccc(COc2cccc(Cl)c2)o1. The number of furan rings is 1.